The molecule has 3 atom stereocenters. The summed E-state index contributed by atoms with van der Waals surface area (Å²) in [5, 5.41) is 12.1. The molecule has 4 N–H and O–H groups in total. The minimum Gasteiger partial charge on any atom is -0.497 e. The second-order valence-corrected chi connectivity index (χ2v) is 10.8. The fraction of sp³-hybridized carbons (Fsp3) is 0.478. The predicted octanol–water partition coefficient (Wildman–Crippen LogP) is 2.94. The van der Waals surface area contributed by atoms with Crippen molar-refractivity contribution < 1.29 is 24.1 Å². The summed E-state index contributed by atoms with van der Waals surface area (Å²) in [6.07, 6.45) is 2.57. The number of hydrogen-bond donors (Lipinski definition) is 3. The predicted molar refractivity (Wildman–Crippen MR) is 152 cm³/mol. The third kappa shape index (κ3) is 7.29. The van der Waals surface area contributed by atoms with Gasteiger partial charge < -0.3 is 30.4 Å². The Bertz CT molecular complexity index is 1160. The van der Waals surface area contributed by atoms with E-state index in [9.17, 15) is 9.59 Å². The Morgan fingerprint density at radius 2 is 2.19 bits per heavy atom. The number of nitrogens with two attached hydrogens (primary N) is 1. The molecule has 37 heavy (non-hydrogen) atoms. The molecule has 0 radical (unpaired) electrons. The van der Waals surface area contributed by atoms with E-state index in [0.29, 0.717) is 22.2 Å². The lowest BCUT2D eigenvalue weighted by Gasteiger charge is -2.37. The minimum absolute atomic E-state index is 0.0572. The number of thioether (sulfide) groups is 2. The Kier molecular flexibility index (Phi) is 10.5. The first-order valence-electron chi connectivity index (χ1n) is 11.4. The number of aliphatic hydroxyl groups excluding tert-OH is 1. The molecule has 1 aromatic heterocycles. The molecule has 3 heterocycles. The van der Waals surface area contributed by atoms with Gasteiger partial charge in [0.1, 0.15) is 28.2 Å². The average Bonchev–Trinajstić information content (AvgIpc) is 3.33. The van der Waals surface area contributed by atoms with Gasteiger partial charge in [0.2, 0.25) is 0 Å². The first-order chi connectivity index (χ1) is 17.7. The number of nitrogens with zero attached hydrogens (tertiary/aromatic N) is 3. The molecule has 11 nitrogen and oxygen atoms in total. The van der Waals surface area contributed by atoms with Crippen LogP contribution in [-0.2, 0) is 9.47 Å². The Hall–Kier alpha value is -2.52. The number of benzene rings is 1. The topological polar surface area (TPSA) is 141 Å². The van der Waals surface area contributed by atoms with Crippen LogP contribution in [0.2, 0.25) is 0 Å². The number of amides is 1. The van der Waals surface area contributed by atoms with Gasteiger partial charge in [-0.05, 0) is 38.3 Å². The van der Waals surface area contributed by atoms with Crippen LogP contribution in [0, 0.1) is 0 Å². The lowest BCUT2D eigenvalue weighted by Crippen LogP contribution is -2.52. The lowest BCUT2D eigenvalue weighted by molar-refractivity contribution is -0.00629. The molecule has 1 saturated heterocycles. The van der Waals surface area contributed by atoms with Gasteiger partial charge in [0.15, 0.2) is 0 Å². The molecule has 2 aromatic rings. The number of nitrogens with one attached hydrogen (secondary N) is 1. The smallest absolute Gasteiger partial charge is 0.415 e. The van der Waals surface area contributed by atoms with Crippen LogP contribution < -0.4 is 26.4 Å². The summed E-state index contributed by atoms with van der Waals surface area (Å²) in [7, 11) is 1.60. The molecule has 2 aliphatic heterocycles. The van der Waals surface area contributed by atoms with Crippen LogP contribution in [0.1, 0.15) is 20.1 Å². The van der Waals surface area contributed by atoms with E-state index in [1.165, 1.54) is 16.3 Å². The van der Waals surface area contributed by atoms with Gasteiger partial charge in [0.25, 0.3) is 0 Å². The van der Waals surface area contributed by atoms with Gasteiger partial charge in [-0.25, -0.2) is 9.59 Å². The van der Waals surface area contributed by atoms with E-state index in [1.807, 2.05) is 38.3 Å². The highest BCUT2D eigenvalue weighted by Crippen LogP contribution is 2.37. The van der Waals surface area contributed by atoms with Crippen molar-refractivity contribution >= 4 is 64.0 Å². The monoisotopic (exact) mass is 569 g/mol. The standard InChI is InChI=1S/C15H20N2O3S2.C8H11N3O3S/c1-9(2)20-15(18)17-12-7-10(19-3)5-6-11(12)16-14(21)13(17)8-22-4;9-5-1-2-11(8(13)10-5)6-4-15-7(3-12)14-6/h5-7,9,13H,8H2,1-4H3,(H,16,21);1-2,6-7,12H,3-4H2,(H2,9,10,13)/t13-;6-,7+/m00/s1. The first kappa shape index (κ1) is 29.0. The molecular formula is C23H31N5O6S3. The molecule has 1 amide bonds. The van der Waals surface area contributed by atoms with Crippen LogP contribution in [0.25, 0.3) is 0 Å². The highest BCUT2D eigenvalue weighted by atomic mass is 32.2. The molecule has 202 valence electrons. The number of aromatic nitrogens is 2. The maximum atomic E-state index is 12.6. The fourth-order valence-electron chi connectivity index (χ4n) is 3.57. The zero-order valence-electron chi connectivity index (χ0n) is 20.9. The van der Waals surface area contributed by atoms with Crippen LogP contribution in [0.4, 0.5) is 22.0 Å². The first-order valence-corrected chi connectivity index (χ1v) is 14.2. The highest BCUT2D eigenvalue weighted by Gasteiger charge is 2.36. The maximum absolute atomic E-state index is 12.6. The summed E-state index contributed by atoms with van der Waals surface area (Å²) in [5.41, 5.74) is 6.17. The van der Waals surface area contributed by atoms with Crippen molar-refractivity contribution in [2.75, 3.05) is 47.4 Å². The van der Waals surface area contributed by atoms with Crippen LogP contribution in [-0.4, -0.2) is 74.8 Å². The van der Waals surface area contributed by atoms with Crippen molar-refractivity contribution in [3.63, 3.8) is 0 Å². The number of carbonyl (C=O) groups excluding carboxylic acids is 1. The van der Waals surface area contributed by atoms with Gasteiger partial charge >= 0.3 is 11.8 Å². The van der Waals surface area contributed by atoms with E-state index < -0.39 is 11.8 Å². The Morgan fingerprint density at radius 3 is 2.78 bits per heavy atom. The molecule has 14 heteroatoms. The van der Waals surface area contributed by atoms with Crippen LogP contribution in [0.5, 0.6) is 5.75 Å². The second kappa shape index (κ2) is 13.3. The van der Waals surface area contributed by atoms with Gasteiger partial charge in [-0.15, -0.1) is 11.8 Å². The molecule has 0 aliphatic carbocycles. The van der Waals surface area contributed by atoms with E-state index >= 15 is 0 Å². The van der Waals surface area contributed by atoms with Crippen molar-refractivity contribution in [2.24, 2.45) is 0 Å². The van der Waals surface area contributed by atoms with Crippen molar-refractivity contribution in [2.45, 2.75) is 37.7 Å². The second-order valence-electron chi connectivity index (χ2n) is 8.22. The number of rotatable bonds is 6. The normalized spacial score (nSPS) is 20.5. The van der Waals surface area contributed by atoms with E-state index in [0.717, 1.165) is 11.4 Å². The SMILES string of the molecule is COc1ccc2c(c1)N(C(=O)OC(C)C)[C@@H](CSC)C(=S)N2.Nc1ccn([C@@H]2CS[C@H](CO)O2)c(=O)n1. The van der Waals surface area contributed by atoms with E-state index in [2.05, 4.69) is 10.3 Å². The Labute approximate surface area is 229 Å². The number of fused-ring (bicyclic) bond motifs is 1. The molecule has 0 saturated carbocycles. The number of ether oxygens (including phenoxy) is 3. The lowest BCUT2D eigenvalue weighted by atomic mass is 10.1. The number of hydrogen-bond acceptors (Lipinski definition) is 11. The van der Waals surface area contributed by atoms with E-state index in [4.69, 9.17) is 37.3 Å². The molecule has 1 aromatic carbocycles. The van der Waals surface area contributed by atoms with Crippen molar-refractivity contribution in [1.82, 2.24) is 9.55 Å². The molecule has 0 spiro atoms. The molecule has 2 aliphatic rings. The summed E-state index contributed by atoms with van der Waals surface area (Å²) in [6.45, 7) is 3.60. The van der Waals surface area contributed by atoms with Crippen LogP contribution in [0.15, 0.2) is 35.3 Å². The maximum Gasteiger partial charge on any atom is 0.415 e. The molecule has 0 bridgehead atoms. The van der Waals surface area contributed by atoms with Crippen LogP contribution in [0.3, 0.4) is 0 Å². The Morgan fingerprint density at radius 1 is 1.43 bits per heavy atom. The third-order valence-electron chi connectivity index (χ3n) is 5.24. The van der Waals surface area contributed by atoms with Gasteiger partial charge in [0.05, 0.1) is 37.2 Å². The number of anilines is 3. The summed E-state index contributed by atoms with van der Waals surface area (Å²) < 4.78 is 17.4. The number of carbonyl (C=O) groups is 1. The van der Waals surface area contributed by atoms with Crippen molar-refractivity contribution in [3.05, 3.63) is 40.9 Å². The fourth-order valence-corrected chi connectivity index (χ4v) is 5.53. The number of nitrogen functional groups attached to an aromatic ring is 1. The molecule has 0 unspecified atom stereocenters. The van der Waals surface area contributed by atoms with E-state index in [-0.39, 0.29) is 36.2 Å². The molecule has 1 fully saturated rings. The average molecular weight is 570 g/mol. The summed E-state index contributed by atoms with van der Waals surface area (Å²) in [5.74, 6) is 2.19. The van der Waals surface area contributed by atoms with Crippen molar-refractivity contribution in [1.29, 1.82) is 0 Å². The quantitative estimate of drug-likeness (QED) is 0.441. The highest BCUT2D eigenvalue weighted by molar-refractivity contribution is 8.00. The number of aliphatic hydroxyl groups is 1. The van der Waals surface area contributed by atoms with Crippen LogP contribution >= 0.6 is 35.7 Å². The largest absolute Gasteiger partial charge is 0.497 e. The van der Waals surface area contributed by atoms with Gasteiger partial charge in [-0.1, -0.05) is 12.2 Å². The van der Waals surface area contributed by atoms with Gasteiger partial charge in [0, 0.05) is 23.8 Å². The zero-order chi connectivity index (χ0) is 27.1. The Balaban J connectivity index is 0.000000220. The molecular weight excluding hydrogens is 538 g/mol. The number of thiocarbonyl (C=S) groups is 1. The zero-order valence-corrected chi connectivity index (χ0v) is 23.4. The third-order valence-corrected chi connectivity index (χ3v) is 7.37. The number of methoxy groups -OCH3 is 1. The minimum atomic E-state index is -0.431. The summed E-state index contributed by atoms with van der Waals surface area (Å²) >= 11 is 8.53. The van der Waals surface area contributed by atoms with Gasteiger partial charge in [-0.2, -0.15) is 16.7 Å². The summed E-state index contributed by atoms with van der Waals surface area (Å²) in [4.78, 5) is 29.8. The summed E-state index contributed by atoms with van der Waals surface area (Å²) in [6, 6.07) is 6.80. The van der Waals surface area contributed by atoms with E-state index in [1.54, 1.807) is 36.0 Å². The van der Waals surface area contributed by atoms with Crippen molar-refractivity contribution in [3.8, 4) is 5.75 Å². The molecule has 4 rings (SSSR count). The van der Waals surface area contributed by atoms with Gasteiger partial charge in [-0.3, -0.25) is 9.47 Å².